The zero-order valence-electron chi connectivity index (χ0n) is 16.8. The minimum absolute atomic E-state index is 0.00347. The van der Waals surface area contributed by atoms with Gasteiger partial charge in [0, 0.05) is 35.2 Å². The molecule has 0 bridgehead atoms. The van der Waals surface area contributed by atoms with Crippen LogP contribution in [-0.2, 0) is 11.3 Å². The van der Waals surface area contributed by atoms with E-state index >= 15 is 0 Å². The Morgan fingerprint density at radius 3 is 2.82 bits per heavy atom. The highest BCUT2D eigenvalue weighted by atomic mass is 16.2. The number of likely N-dealkylation sites (tertiary alicyclic amines) is 1. The number of fused-ring (bicyclic) bond motifs is 1. The molecule has 28 heavy (non-hydrogen) atoms. The Kier molecular flexibility index (Phi) is 5.72. The molecule has 1 saturated heterocycles. The van der Waals surface area contributed by atoms with Gasteiger partial charge in [-0.2, -0.15) is 10.5 Å². The van der Waals surface area contributed by atoms with Crippen LogP contribution >= 0.6 is 0 Å². The molecule has 2 aromatic rings. The van der Waals surface area contributed by atoms with Crippen molar-refractivity contribution < 1.29 is 4.79 Å². The summed E-state index contributed by atoms with van der Waals surface area (Å²) in [5.74, 6) is 0.00347. The first-order valence-electron chi connectivity index (χ1n) is 9.79. The topological polar surface area (TPSA) is 84.8 Å². The number of aromatic nitrogens is 1. The summed E-state index contributed by atoms with van der Waals surface area (Å²) in [7, 11) is 0. The fourth-order valence-corrected chi connectivity index (χ4v) is 3.87. The molecule has 0 spiro atoms. The number of nitrogens with zero attached hydrogens (tertiary/aromatic N) is 4. The van der Waals surface area contributed by atoms with Gasteiger partial charge >= 0.3 is 0 Å². The zero-order chi connectivity index (χ0) is 20.3. The Morgan fingerprint density at radius 2 is 2.11 bits per heavy atom. The molecule has 0 aliphatic carbocycles. The molecule has 1 N–H and O–H groups in total. The number of aryl methyl sites for hydroxylation is 2. The van der Waals surface area contributed by atoms with Gasteiger partial charge in [-0.1, -0.05) is 0 Å². The van der Waals surface area contributed by atoms with Crippen LogP contribution in [0.4, 0.5) is 0 Å². The van der Waals surface area contributed by atoms with Gasteiger partial charge in [-0.3, -0.25) is 4.79 Å². The van der Waals surface area contributed by atoms with E-state index < -0.39 is 0 Å². The zero-order valence-corrected chi connectivity index (χ0v) is 16.8. The van der Waals surface area contributed by atoms with E-state index in [1.807, 2.05) is 18.2 Å². The smallest absolute Gasteiger partial charge is 0.237 e. The van der Waals surface area contributed by atoms with Crippen molar-refractivity contribution in [3.05, 3.63) is 35.5 Å². The van der Waals surface area contributed by atoms with Crippen molar-refractivity contribution in [2.75, 3.05) is 13.1 Å². The number of amides is 1. The monoisotopic (exact) mass is 377 g/mol. The van der Waals surface area contributed by atoms with Crippen molar-refractivity contribution >= 4 is 16.8 Å². The summed E-state index contributed by atoms with van der Waals surface area (Å²) in [6.45, 7) is 8.02. The standard InChI is InChI=1S/C22H27N5O/c1-16-11-18-12-17(13-23)6-7-20(18)26(16)10-8-22(2,3)25-15-21(28)27-9-4-5-19(27)14-24/h6-7,11-12,19,25H,4-5,8-10,15H2,1-3H3/t19-/m0/s1. The maximum Gasteiger partial charge on any atom is 0.237 e. The summed E-state index contributed by atoms with van der Waals surface area (Å²) in [5.41, 5.74) is 2.73. The fourth-order valence-electron chi connectivity index (χ4n) is 3.87. The van der Waals surface area contributed by atoms with E-state index in [0.29, 0.717) is 12.1 Å². The predicted molar refractivity (Wildman–Crippen MR) is 108 cm³/mol. The second-order valence-corrected chi connectivity index (χ2v) is 8.18. The van der Waals surface area contributed by atoms with E-state index in [2.05, 4.69) is 48.9 Å². The fraction of sp³-hybridized carbons (Fsp3) is 0.500. The van der Waals surface area contributed by atoms with Crippen LogP contribution in [0.5, 0.6) is 0 Å². The van der Waals surface area contributed by atoms with Crippen molar-refractivity contribution in [2.24, 2.45) is 0 Å². The highest BCUT2D eigenvalue weighted by molar-refractivity contribution is 5.82. The third-order valence-corrected chi connectivity index (χ3v) is 5.64. The second-order valence-electron chi connectivity index (χ2n) is 8.18. The highest BCUT2D eigenvalue weighted by Gasteiger charge is 2.29. The van der Waals surface area contributed by atoms with E-state index in [1.165, 1.54) is 0 Å². The van der Waals surface area contributed by atoms with Gasteiger partial charge in [-0.05, 0) is 64.3 Å². The lowest BCUT2D eigenvalue weighted by atomic mass is 10.0. The van der Waals surface area contributed by atoms with Gasteiger partial charge in [0.15, 0.2) is 0 Å². The summed E-state index contributed by atoms with van der Waals surface area (Å²) in [5, 5.41) is 22.7. The van der Waals surface area contributed by atoms with Crippen LogP contribution < -0.4 is 5.32 Å². The Morgan fingerprint density at radius 1 is 1.32 bits per heavy atom. The number of carbonyl (C=O) groups excluding carboxylic acids is 1. The summed E-state index contributed by atoms with van der Waals surface area (Å²) in [6, 6.07) is 12.0. The van der Waals surface area contributed by atoms with Gasteiger partial charge in [-0.15, -0.1) is 0 Å². The lowest BCUT2D eigenvalue weighted by molar-refractivity contribution is -0.130. The second kappa shape index (κ2) is 8.04. The lowest BCUT2D eigenvalue weighted by Crippen LogP contribution is -2.47. The van der Waals surface area contributed by atoms with Crippen LogP contribution in [0, 0.1) is 29.6 Å². The van der Waals surface area contributed by atoms with Gasteiger partial charge in [0.25, 0.3) is 0 Å². The summed E-state index contributed by atoms with van der Waals surface area (Å²) < 4.78 is 2.26. The van der Waals surface area contributed by atoms with Gasteiger partial charge in [0.05, 0.1) is 24.2 Å². The molecule has 1 amide bonds. The number of nitrogens with one attached hydrogen (secondary N) is 1. The van der Waals surface area contributed by atoms with Crippen molar-refractivity contribution in [1.82, 2.24) is 14.8 Å². The first kappa shape index (κ1) is 19.9. The Bertz CT molecular complexity index is 960. The molecule has 1 aromatic heterocycles. The molecule has 1 fully saturated rings. The SMILES string of the molecule is Cc1cc2cc(C#N)ccc2n1CCC(C)(C)NCC(=O)N1CCC[C@H]1C#N. The molecule has 1 aromatic carbocycles. The van der Waals surface area contributed by atoms with Crippen LogP contribution in [0.3, 0.4) is 0 Å². The molecule has 0 saturated carbocycles. The number of hydrogen-bond acceptors (Lipinski definition) is 4. The van der Waals surface area contributed by atoms with E-state index in [0.717, 1.165) is 42.4 Å². The molecule has 6 heteroatoms. The largest absolute Gasteiger partial charge is 0.345 e. The predicted octanol–water partition coefficient (Wildman–Crippen LogP) is 3.09. The summed E-state index contributed by atoms with van der Waals surface area (Å²) in [4.78, 5) is 14.2. The molecule has 0 radical (unpaired) electrons. The molecule has 1 atom stereocenters. The quantitative estimate of drug-likeness (QED) is 0.838. The van der Waals surface area contributed by atoms with Crippen molar-refractivity contribution in [3.8, 4) is 12.1 Å². The third kappa shape index (κ3) is 4.18. The van der Waals surface area contributed by atoms with Crippen LogP contribution in [0.1, 0.15) is 44.4 Å². The number of hydrogen-bond donors (Lipinski definition) is 1. The minimum atomic E-state index is -0.274. The number of rotatable bonds is 6. The van der Waals surface area contributed by atoms with Crippen LogP contribution in [0.15, 0.2) is 24.3 Å². The van der Waals surface area contributed by atoms with Crippen LogP contribution in [0.2, 0.25) is 0 Å². The van der Waals surface area contributed by atoms with E-state index in [-0.39, 0.29) is 24.0 Å². The molecule has 2 heterocycles. The van der Waals surface area contributed by atoms with Crippen molar-refractivity contribution in [1.29, 1.82) is 10.5 Å². The Hall–Kier alpha value is -2.83. The Balaban J connectivity index is 1.61. The lowest BCUT2D eigenvalue weighted by Gasteiger charge is -2.28. The van der Waals surface area contributed by atoms with Gasteiger partial charge < -0.3 is 14.8 Å². The normalized spacial score (nSPS) is 16.9. The van der Waals surface area contributed by atoms with Gasteiger partial charge in [0.1, 0.15) is 6.04 Å². The molecular weight excluding hydrogens is 350 g/mol. The van der Waals surface area contributed by atoms with Gasteiger partial charge in [-0.25, -0.2) is 0 Å². The highest BCUT2D eigenvalue weighted by Crippen LogP contribution is 2.23. The molecule has 0 unspecified atom stereocenters. The number of nitriles is 2. The van der Waals surface area contributed by atoms with Crippen molar-refractivity contribution in [2.45, 2.75) is 58.2 Å². The summed E-state index contributed by atoms with van der Waals surface area (Å²) in [6.07, 6.45) is 2.53. The average Bonchev–Trinajstić information content (AvgIpc) is 3.27. The van der Waals surface area contributed by atoms with E-state index in [1.54, 1.807) is 4.90 Å². The van der Waals surface area contributed by atoms with Crippen LogP contribution in [0.25, 0.3) is 10.9 Å². The van der Waals surface area contributed by atoms with E-state index in [9.17, 15) is 4.79 Å². The number of benzene rings is 1. The van der Waals surface area contributed by atoms with E-state index in [4.69, 9.17) is 10.5 Å². The number of carbonyl (C=O) groups is 1. The molecule has 146 valence electrons. The van der Waals surface area contributed by atoms with Crippen LogP contribution in [-0.4, -0.2) is 40.0 Å². The van der Waals surface area contributed by atoms with Crippen molar-refractivity contribution in [3.63, 3.8) is 0 Å². The first-order valence-corrected chi connectivity index (χ1v) is 9.79. The maximum absolute atomic E-state index is 12.5. The molecule has 1 aliphatic rings. The molecule has 3 rings (SSSR count). The summed E-state index contributed by atoms with van der Waals surface area (Å²) >= 11 is 0. The van der Waals surface area contributed by atoms with Gasteiger partial charge in [0.2, 0.25) is 5.91 Å². The Labute approximate surface area is 166 Å². The average molecular weight is 377 g/mol. The molecule has 6 nitrogen and oxygen atoms in total. The third-order valence-electron chi connectivity index (χ3n) is 5.64. The first-order chi connectivity index (χ1) is 13.3. The maximum atomic E-state index is 12.5. The molecular formula is C22H27N5O. The minimum Gasteiger partial charge on any atom is -0.345 e. The molecule has 1 aliphatic heterocycles.